The van der Waals surface area contributed by atoms with Gasteiger partial charge in [-0.3, -0.25) is 4.72 Å². The zero-order valence-electron chi connectivity index (χ0n) is 13.4. The van der Waals surface area contributed by atoms with Crippen LogP contribution in [0.5, 0.6) is 5.88 Å². The minimum absolute atomic E-state index is 0.414. The summed E-state index contributed by atoms with van der Waals surface area (Å²) in [7, 11) is -2.20. The third-order valence-corrected chi connectivity index (χ3v) is 4.00. The van der Waals surface area contributed by atoms with E-state index in [-0.39, 0.29) is 0 Å². The number of ether oxygens (including phenoxy) is 1. The molecule has 25 heavy (non-hydrogen) atoms. The first-order valence-corrected chi connectivity index (χ1v) is 8.92. The smallest absolute Gasteiger partial charge is 0.296 e. The van der Waals surface area contributed by atoms with Crippen molar-refractivity contribution < 1.29 is 13.2 Å². The van der Waals surface area contributed by atoms with Crippen LogP contribution in [0, 0.1) is 0 Å². The fourth-order valence-corrected chi connectivity index (χ4v) is 2.80. The Balaban J connectivity index is 1.74. The topological polar surface area (TPSA) is 119 Å². The molecule has 8 nitrogen and oxygen atoms in total. The Morgan fingerprint density at radius 2 is 1.88 bits per heavy atom. The molecule has 9 heteroatoms. The van der Waals surface area contributed by atoms with Crippen LogP contribution in [0.4, 0.5) is 11.4 Å². The van der Waals surface area contributed by atoms with E-state index in [0.717, 1.165) is 16.6 Å². The molecule has 0 spiro atoms. The summed E-state index contributed by atoms with van der Waals surface area (Å²) < 4.78 is 29.3. The fourth-order valence-electron chi connectivity index (χ4n) is 2.33. The molecule has 2 heterocycles. The normalized spacial score (nSPS) is 11.3. The van der Waals surface area contributed by atoms with Gasteiger partial charge in [0.2, 0.25) is 5.88 Å². The Kier molecular flexibility index (Phi) is 4.68. The van der Waals surface area contributed by atoms with Gasteiger partial charge in [0, 0.05) is 35.6 Å². The maximum Gasteiger partial charge on any atom is 0.296 e. The van der Waals surface area contributed by atoms with Crippen LogP contribution >= 0.6 is 0 Å². The standard InChI is InChI=1S/C16H17N5O3S/c1-24-15-7-6-13-14(8-9-18-16(13)20-15)19-10-11-2-4-12(5-3-11)21-25(17,22)23/h2-9,21H,10H2,1H3,(H2,17,22,23)(H,18,19,20). The minimum atomic E-state index is -3.77. The molecular formula is C16H17N5O3S. The van der Waals surface area contributed by atoms with E-state index in [4.69, 9.17) is 9.88 Å². The largest absolute Gasteiger partial charge is 0.481 e. The van der Waals surface area contributed by atoms with Gasteiger partial charge in [-0.25, -0.2) is 10.1 Å². The second kappa shape index (κ2) is 6.91. The van der Waals surface area contributed by atoms with Gasteiger partial charge < -0.3 is 10.1 Å². The molecule has 0 bridgehead atoms. The third-order valence-electron chi connectivity index (χ3n) is 3.48. The summed E-state index contributed by atoms with van der Waals surface area (Å²) in [6.45, 7) is 0.556. The van der Waals surface area contributed by atoms with Gasteiger partial charge in [-0.1, -0.05) is 12.1 Å². The number of rotatable bonds is 6. The molecule has 0 atom stereocenters. The third kappa shape index (κ3) is 4.34. The average molecular weight is 359 g/mol. The highest BCUT2D eigenvalue weighted by atomic mass is 32.2. The summed E-state index contributed by atoms with van der Waals surface area (Å²) in [5, 5.41) is 9.15. The Labute approximate surface area is 145 Å². The molecule has 0 amide bonds. The second-order valence-corrected chi connectivity index (χ2v) is 6.57. The van der Waals surface area contributed by atoms with Gasteiger partial charge >= 0.3 is 0 Å². The highest BCUT2D eigenvalue weighted by Gasteiger charge is 2.05. The van der Waals surface area contributed by atoms with E-state index in [9.17, 15) is 8.42 Å². The van der Waals surface area contributed by atoms with Crippen LogP contribution in [-0.2, 0) is 16.8 Å². The molecule has 0 unspecified atom stereocenters. The van der Waals surface area contributed by atoms with E-state index in [2.05, 4.69) is 20.0 Å². The van der Waals surface area contributed by atoms with Crippen LogP contribution in [0.3, 0.4) is 0 Å². The zero-order valence-corrected chi connectivity index (χ0v) is 14.2. The molecule has 0 fully saturated rings. The van der Waals surface area contributed by atoms with Crippen molar-refractivity contribution in [3.8, 4) is 5.88 Å². The number of nitrogens with two attached hydrogens (primary N) is 1. The Hall–Kier alpha value is -2.91. The Morgan fingerprint density at radius 1 is 1.12 bits per heavy atom. The number of anilines is 2. The molecule has 3 aromatic rings. The first-order valence-electron chi connectivity index (χ1n) is 7.38. The summed E-state index contributed by atoms with van der Waals surface area (Å²) in [6, 6.07) is 12.5. The number of fused-ring (bicyclic) bond motifs is 1. The van der Waals surface area contributed by atoms with Gasteiger partial charge in [-0.2, -0.15) is 13.4 Å². The number of nitrogens with one attached hydrogen (secondary N) is 2. The molecular weight excluding hydrogens is 342 g/mol. The molecule has 0 aliphatic rings. The van der Waals surface area contributed by atoms with Gasteiger partial charge in [-0.15, -0.1) is 0 Å². The maximum absolute atomic E-state index is 11.0. The maximum atomic E-state index is 11.0. The lowest BCUT2D eigenvalue weighted by molar-refractivity contribution is 0.399. The van der Waals surface area contributed by atoms with E-state index in [1.165, 1.54) is 0 Å². The number of hydrogen-bond donors (Lipinski definition) is 3. The van der Waals surface area contributed by atoms with Gasteiger partial charge in [0.1, 0.15) is 0 Å². The molecule has 1 aromatic carbocycles. The van der Waals surface area contributed by atoms with Crippen molar-refractivity contribution >= 4 is 32.6 Å². The molecule has 0 saturated carbocycles. The fraction of sp³-hybridized carbons (Fsp3) is 0.125. The van der Waals surface area contributed by atoms with E-state index in [1.807, 2.05) is 24.3 Å². The molecule has 3 rings (SSSR count). The van der Waals surface area contributed by atoms with E-state index in [1.54, 1.807) is 31.5 Å². The van der Waals surface area contributed by atoms with Gasteiger partial charge in [-0.05, 0) is 29.8 Å². The highest BCUT2D eigenvalue weighted by Crippen LogP contribution is 2.23. The zero-order chi connectivity index (χ0) is 17.9. The van der Waals surface area contributed by atoms with Crippen molar-refractivity contribution in [1.29, 1.82) is 0 Å². The SMILES string of the molecule is COc1ccc2c(NCc3ccc(NS(N)(=O)=O)cc3)ccnc2n1. The monoisotopic (exact) mass is 359 g/mol. The van der Waals surface area contributed by atoms with Crippen LogP contribution in [0.15, 0.2) is 48.7 Å². The average Bonchev–Trinajstić information content (AvgIpc) is 2.59. The number of methoxy groups -OCH3 is 1. The van der Waals surface area contributed by atoms with Gasteiger partial charge in [0.05, 0.1) is 7.11 Å². The van der Waals surface area contributed by atoms with Crippen molar-refractivity contribution in [3.63, 3.8) is 0 Å². The van der Waals surface area contributed by atoms with E-state index in [0.29, 0.717) is 23.8 Å². The summed E-state index contributed by atoms with van der Waals surface area (Å²) >= 11 is 0. The predicted molar refractivity (Wildman–Crippen MR) is 96.6 cm³/mol. The molecule has 130 valence electrons. The van der Waals surface area contributed by atoms with E-state index >= 15 is 0 Å². The molecule has 4 N–H and O–H groups in total. The van der Waals surface area contributed by atoms with Crippen molar-refractivity contribution in [1.82, 2.24) is 9.97 Å². The summed E-state index contributed by atoms with van der Waals surface area (Å²) in [5.41, 5.74) is 2.88. The summed E-state index contributed by atoms with van der Waals surface area (Å²) in [5.74, 6) is 0.509. The van der Waals surface area contributed by atoms with Gasteiger partial charge in [0.25, 0.3) is 10.2 Å². The number of hydrogen-bond acceptors (Lipinski definition) is 6. The Morgan fingerprint density at radius 3 is 2.56 bits per heavy atom. The summed E-state index contributed by atoms with van der Waals surface area (Å²) in [6.07, 6.45) is 1.68. The molecule has 0 aliphatic heterocycles. The van der Waals surface area contributed by atoms with Crippen molar-refractivity contribution in [3.05, 3.63) is 54.2 Å². The molecule has 0 aliphatic carbocycles. The van der Waals surface area contributed by atoms with Crippen LogP contribution in [0.1, 0.15) is 5.56 Å². The lowest BCUT2D eigenvalue weighted by Gasteiger charge is -2.10. The van der Waals surface area contributed by atoms with Crippen LogP contribution < -0.4 is 19.9 Å². The summed E-state index contributed by atoms with van der Waals surface area (Å²) in [4.78, 5) is 8.55. The lowest BCUT2D eigenvalue weighted by atomic mass is 10.2. The van der Waals surface area contributed by atoms with Gasteiger partial charge in [0.15, 0.2) is 5.65 Å². The minimum Gasteiger partial charge on any atom is -0.481 e. The number of nitrogens with zero attached hydrogens (tertiary/aromatic N) is 2. The Bertz CT molecular complexity index is 990. The number of aromatic nitrogens is 2. The molecule has 2 aromatic heterocycles. The lowest BCUT2D eigenvalue weighted by Crippen LogP contribution is -2.21. The van der Waals surface area contributed by atoms with E-state index < -0.39 is 10.2 Å². The van der Waals surface area contributed by atoms with Crippen LogP contribution in [0.2, 0.25) is 0 Å². The molecule has 0 saturated heterocycles. The first kappa shape index (κ1) is 16.9. The van der Waals surface area contributed by atoms with Crippen LogP contribution in [0.25, 0.3) is 11.0 Å². The highest BCUT2D eigenvalue weighted by molar-refractivity contribution is 7.90. The number of pyridine rings is 2. The second-order valence-electron chi connectivity index (χ2n) is 5.28. The number of benzene rings is 1. The van der Waals surface area contributed by atoms with Crippen molar-refractivity contribution in [2.75, 3.05) is 17.1 Å². The van der Waals surface area contributed by atoms with Crippen LogP contribution in [-0.4, -0.2) is 25.5 Å². The molecule has 0 radical (unpaired) electrons. The van der Waals surface area contributed by atoms with Crippen molar-refractivity contribution in [2.45, 2.75) is 6.54 Å². The van der Waals surface area contributed by atoms with Crippen molar-refractivity contribution in [2.24, 2.45) is 5.14 Å². The predicted octanol–water partition coefficient (Wildman–Crippen LogP) is 1.87. The first-order chi connectivity index (χ1) is 11.9. The quantitative estimate of drug-likeness (QED) is 0.618.